The van der Waals surface area contributed by atoms with Crippen LogP contribution in [-0.4, -0.2) is 0 Å². The molecule has 0 saturated carbocycles. The molecule has 0 N–H and O–H groups in total. The van der Waals surface area contributed by atoms with Crippen LogP contribution in [0.4, 0.5) is 0 Å². The molecule has 0 aliphatic heterocycles. The first-order valence-electron chi connectivity index (χ1n) is 3.23. The van der Waals surface area contributed by atoms with Crippen LogP contribution < -0.4 is 59.1 Å². The van der Waals surface area contributed by atoms with E-state index >= 15 is 0 Å². The Morgan fingerprint density at radius 1 is 0.750 bits per heavy atom. The second-order valence-corrected chi connectivity index (χ2v) is 2.20. The molecular weight excluding hydrogens is 166 g/mol. The third-order valence-electron chi connectivity index (χ3n) is 1.53. The molecule has 2 heteroatoms. The van der Waals surface area contributed by atoms with Gasteiger partial charge in [0, 0.05) is 0 Å². The zero-order valence-corrected chi connectivity index (χ0v) is 11.5. The van der Waals surface area contributed by atoms with Crippen LogP contribution in [0.3, 0.4) is 0 Å². The summed E-state index contributed by atoms with van der Waals surface area (Å²) in [7, 11) is 0. The van der Waals surface area contributed by atoms with Gasteiger partial charge in [-0.1, -0.05) is 0 Å². The zero-order valence-electron chi connectivity index (χ0n) is 7.46. The Morgan fingerprint density at radius 3 is 1.67 bits per heavy atom. The number of rotatable bonds is 0. The van der Waals surface area contributed by atoms with Crippen molar-refractivity contribution >= 4 is 10.8 Å². The largest absolute Gasteiger partial charge is 1.00 e. The van der Waals surface area contributed by atoms with Gasteiger partial charge in [-0.3, -0.25) is 0 Å². The molecule has 0 radical (unpaired) electrons. The molecule has 0 saturated heterocycles. The Kier molecular flexibility index (Phi) is 6.56. The summed E-state index contributed by atoms with van der Waals surface area (Å²) in [5.41, 5.74) is 0. The second-order valence-electron chi connectivity index (χ2n) is 2.20. The van der Waals surface area contributed by atoms with Crippen LogP contribution in [-0.2, 0) is 0 Å². The summed E-state index contributed by atoms with van der Waals surface area (Å²) in [6, 6.07) is 17.9. The van der Waals surface area contributed by atoms with Gasteiger partial charge in [0.05, 0.1) is 0 Å². The average Bonchev–Trinajstić information content (AvgIpc) is 2.05. The number of hydrogen-bond donors (Lipinski definition) is 0. The molecule has 0 amide bonds. The fourth-order valence-electron chi connectivity index (χ4n) is 1.01. The van der Waals surface area contributed by atoms with E-state index in [1.54, 1.807) is 0 Å². The standard InChI is InChI=1S/C10H6.2Na/c1-2-6-10-8-4-3-7-9(10)5-1;;/h1,3,5-8H;;/q-2;2*+1. The molecule has 0 nitrogen and oxygen atoms in total. The van der Waals surface area contributed by atoms with E-state index in [-0.39, 0.29) is 59.1 Å². The van der Waals surface area contributed by atoms with E-state index in [0.717, 1.165) is 0 Å². The fraction of sp³-hybridized carbons (Fsp3) is 0. The maximum atomic E-state index is 3.02. The van der Waals surface area contributed by atoms with Gasteiger partial charge >= 0.3 is 59.1 Å². The van der Waals surface area contributed by atoms with Gasteiger partial charge in [-0.05, 0) is 0 Å². The Balaban J connectivity index is 0.000000605. The van der Waals surface area contributed by atoms with E-state index in [4.69, 9.17) is 0 Å². The third kappa shape index (κ3) is 2.88. The van der Waals surface area contributed by atoms with Crippen molar-refractivity contribution in [2.45, 2.75) is 0 Å². The minimum Gasteiger partial charge on any atom is -0.185 e. The third-order valence-corrected chi connectivity index (χ3v) is 1.53. The predicted octanol–water partition coefficient (Wildman–Crippen LogP) is -3.55. The molecule has 0 spiro atoms. The van der Waals surface area contributed by atoms with Gasteiger partial charge in [-0.25, -0.2) is 0 Å². The monoisotopic (exact) mass is 172 g/mol. The molecule has 48 valence electrons. The van der Waals surface area contributed by atoms with E-state index in [0.29, 0.717) is 0 Å². The van der Waals surface area contributed by atoms with Crippen LogP contribution in [0, 0.1) is 12.1 Å². The van der Waals surface area contributed by atoms with Crippen LogP contribution in [0.25, 0.3) is 10.8 Å². The van der Waals surface area contributed by atoms with Crippen molar-refractivity contribution in [2.75, 3.05) is 0 Å². The molecule has 2 aromatic carbocycles. The molecule has 2 aromatic rings. The van der Waals surface area contributed by atoms with Gasteiger partial charge in [0.1, 0.15) is 0 Å². The van der Waals surface area contributed by atoms with Crippen molar-refractivity contribution in [1.82, 2.24) is 0 Å². The number of benzene rings is 2. The summed E-state index contributed by atoms with van der Waals surface area (Å²) in [6.45, 7) is 0. The fourth-order valence-corrected chi connectivity index (χ4v) is 1.01. The van der Waals surface area contributed by atoms with Gasteiger partial charge in [-0.2, -0.15) is 59.3 Å². The van der Waals surface area contributed by atoms with E-state index in [9.17, 15) is 0 Å². The summed E-state index contributed by atoms with van der Waals surface area (Å²) in [6.07, 6.45) is 0. The first-order chi connectivity index (χ1) is 4.97. The molecule has 0 heterocycles. The van der Waals surface area contributed by atoms with E-state index < -0.39 is 0 Å². The molecule has 0 bridgehead atoms. The first kappa shape index (κ1) is 12.7. The van der Waals surface area contributed by atoms with Crippen molar-refractivity contribution in [3.05, 3.63) is 48.5 Å². The Hall–Kier alpha value is 0.700. The Labute approximate surface area is 117 Å². The van der Waals surface area contributed by atoms with Crippen molar-refractivity contribution < 1.29 is 59.1 Å². The van der Waals surface area contributed by atoms with Crippen LogP contribution >= 0.6 is 0 Å². The second kappa shape index (κ2) is 6.20. The van der Waals surface area contributed by atoms with Crippen LogP contribution in [0.1, 0.15) is 0 Å². The van der Waals surface area contributed by atoms with Crippen molar-refractivity contribution in [1.29, 1.82) is 0 Å². The molecule has 0 aliphatic carbocycles. The zero-order chi connectivity index (χ0) is 6.81. The minimum absolute atomic E-state index is 0. The topological polar surface area (TPSA) is 0 Å². The van der Waals surface area contributed by atoms with Gasteiger partial charge < -0.3 is 0 Å². The quantitative estimate of drug-likeness (QED) is 0.285. The molecule has 0 fully saturated rings. The molecule has 0 unspecified atom stereocenters. The number of hydrogen-bond acceptors (Lipinski definition) is 0. The average molecular weight is 172 g/mol. The van der Waals surface area contributed by atoms with Crippen molar-refractivity contribution in [2.24, 2.45) is 0 Å². The summed E-state index contributed by atoms with van der Waals surface area (Å²) in [4.78, 5) is 0. The predicted molar refractivity (Wildman–Crippen MR) is 41.6 cm³/mol. The SMILES string of the molecule is [Na+].[Na+].[c-]1ccc2cc[c-]cc2c1. The van der Waals surface area contributed by atoms with Gasteiger partial charge in [-0.15, -0.1) is 0 Å². The minimum atomic E-state index is 0. The molecule has 2 rings (SSSR count). The Morgan fingerprint density at radius 2 is 1.25 bits per heavy atom. The molecule has 0 aromatic heterocycles. The maximum Gasteiger partial charge on any atom is 1.00 e. The van der Waals surface area contributed by atoms with Gasteiger partial charge in [0.25, 0.3) is 0 Å². The van der Waals surface area contributed by atoms with E-state index in [1.807, 2.05) is 36.4 Å². The number of fused-ring (bicyclic) bond motifs is 1. The molecule has 12 heavy (non-hydrogen) atoms. The molecular formula is C10H6Na2. The van der Waals surface area contributed by atoms with Crippen molar-refractivity contribution in [3.8, 4) is 0 Å². The summed E-state index contributed by atoms with van der Waals surface area (Å²) < 4.78 is 0. The molecule has 0 atom stereocenters. The van der Waals surface area contributed by atoms with Gasteiger partial charge in [0.15, 0.2) is 0 Å². The smallest absolute Gasteiger partial charge is 0.185 e. The van der Waals surface area contributed by atoms with Crippen molar-refractivity contribution in [3.63, 3.8) is 0 Å². The first-order valence-corrected chi connectivity index (χ1v) is 3.23. The van der Waals surface area contributed by atoms with Crippen LogP contribution in [0.5, 0.6) is 0 Å². The summed E-state index contributed by atoms with van der Waals surface area (Å²) in [5, 5.41) is 2.45. The Bertz CT molecular complexity index is 279. The normalized spacial score (nSPS) is 8.33. The summed E-state index contributed by atoms with van der Waals surface area (Å²) >= 11 is 0. The molecule has 0 aliphatic rings. The van der Waals surface area contributed by atoms with Gasteiger partial charge in [0.2, 0.25) is 0 Å². The van der Waals surface area contributed by atoms with Crippen LogP contribution in [0.15, 0.2) is 36.4 Å². The van der Waals surface area contributed by atoms with E-state index in [2.05, 4.69) is 12.1 Å². The summed E-state index contributed by atoms with van der Waals surface area (Å²) in [5.74, 6) is 0. The van der Waals surface area contributed by atoms with Crippen LogP contribution in [0.2, 0.25) is 0 Å². The van der Waals surface area contributed by atoms with E-state index in [1.165, 1.54) is 10.8 Å². The maximum absolute atomic E-state index is 3.02.